The van der Waals surface area contributed by atoms with Crippen LogP contribution in [0.4, 0.5) is 14.6 Å². The predicted molar refractivity (Wildman–Crippen MR) is 109 cm³/mol. The number of sulfonamides is 1. The quantitative estimate of drug-likeness (QED) is 0.625. The number of benzene rings is 1. The van der Waals surface area contributed by atoms with Gasteiger partial charge in [0, 0.05) is 51.0 Å². The Morgan fingerprint density at radius 2 is 1.76 bits per heavy atom. The Morgan fingerprint density at radius 1 is 1.17 bits per heavy atom. The normalized spacial score (nSPS) is 14.4. The smallest absolute Gasteiger partial charge is 0.270 e. The number of aromatic nitrogens is 2. The van der Waals surface area contributed by atoms with E-state index in [0.717, 1.165) is 0 Å². The Morgan fingerprint density at radius 3 is 2.28 bits per heavy atom. The van der Waals surface area contributed by atoms with Crippen molar-refractivity contribution < 1.29 is 55.0 Å². The number of aliphatic hydroxyl groups is 1. The number of aryl methyl sites for hydroxylation is 2. The van der Waals surface area contributed by atoms with Gasteiger partial charge in [-0.2, -0.15) is 5.10 Å². The van der Waals surface area contributed by atoms with Crippen LogP contribution in [0.3, 0.4) is 0 Å². The SMILES string of the molecule is CC.CCn1cc2c(n1)N(CC(F)F)S(=O)(=O)C(c1ccccc1C)=C2O.[CH3-].[Y]. The molecule has 1 aromatic heterocycles. The third kappa shape index (κ3) is 5.24. The Labute approximate surface area is 196 Å². The summed E-state index contributed by atoms with van der Waals surface area (Å²) in [4.78, 5) is -0.380. The van der Waals surface area contributed by atoms with Crippen molar-refractivity contribution in [3.8, 4) is 0 Å². The van der Waals surface area contributed by atoms with Gasteiger partial charge in [0.25, 0.3) is 16.4 Å². The van der Waals surface area contributed by atoms with Gasteiger partial charge in [-0.3, -0.25) is 4.68 Å². The third-order valence-electron chi connectivity index (χ3n) is 4.01. The first-order chi connectivity index (χ1) is 12.8. The molecule has 0 saturated heterocycles. The zero-order valence-corrected chi connectivity index (χ0v) is 20.9. The van der Waals surface area contributed by atoms with Crippen molar-refractivity contribution in [1.82, 2.24) is 9.78 Å². The van der Waals surface area contributed by atoms with Crippen LogP contribution in [0.15, 0.2) is 30.5 Å². The van der Waals surface area contributed by atoms with Crippen molar-refractivity contribution in [2.24, 2.45) is 0 Å². The fourth-order valence-electron chi connectivity index (χ4n) is 2.80. The summed E-state index contributed by atoms with van der Waals surface area (Å²) in [5, 5.41) is 14.7. The van der Waals surface area contributed by atoms with Crippen molar-refractivity contribution in [3.63, 3.8) is 0 Å². The van der Waals surface area contributed by atoms with E-state index >= 15 is 0 Å². The number of hydrogen-bond acceptors (Lipinski definition) is 4. The van der Waals surface area contributed by atoms with Crippen LogP contribution in [0.5, 0.6) is 0 Å². The molecular formula is C19H26F2N3O3SY-. The average molecular weight is 503 g/mol. The van der Waals surface area contributed by atoms with E-state index in [1.54, 1.807) is 32.0 Å². The zero-order valence-electron chi connectivity index (χ0n) is 17.2. The van der Waals surface area contributed by atoms with Crippen molar-refractivity contribution >= 4 is 26.5 Å². The summed E-state index contributed by atoms with van der Waals surface area (Å²) in [7, 11) is -4.39. The van der Waals surface area contributed by atoms with E-state index in [0.29, 0.717) is 16.4 Å². The number of nitrogens with zero attached hydrogens (tertiary/aromatic N) is 3. The number of aliphatic hydroxyl groups excluding tert-OH is 1. The molecule has 29 heavy (non-hydrogen) atoms. The first-order valence-electron chi connectivity index (χ1n) is 8.65. The first-order valence-corrected chi connectivity index (χ1v) is 10.1. The van der Waals surface area contributed by atoms with Gasteiger partial charge in [0.1, 0.15) is 10.7 Å². The maximum absolute atomic E-state index is 13.0. The van der Waals surface area contributed by atoms with Crippen molar-refractivity contribution in [1.29, 1.82) is 0 Å². The van der Waals surface area contributed by atoms with Crippen molar-refractivity contribution in [2.75, 3.05) is 10.8 Å². The molecule has 0 amide bonds. The molecule has 0 atom stereocenters. The van der Waals surface area contributed by atoms with E-state index in [1.807, 2.05) is 13.8 Å². The molecule has 2 aromatic rings. The van der Waals surface area contributed by atoms with Crippen LogP contribution >= 0.6 is 0 Å². The van der Waals surface area contributed by atoms with Crippen LogP contribution in [-0.2, 0) is 49.3 Å². The minimum absolute atomic E-state index is 0. The molecule has 0 fully saturated rings. The van der Waals surface area contributed by atoms with Gasteiger partial charge >= 0.3 is 0 Å². The second-order valence-electron chi connectivity index (χ2n) is 5.64. The van der Waals surface area contributed by atoms with Gasteiger partial charge in [-0.25, -0.2) is 21.5 Å². The summed E-state index contributed by atoms with van der Waals surface area (Å²) < 4.78 is 54.0. The molecule has 6 nitrogen and oxygen atoms in total. The summed E-state index contributed by atoms with van der Waals surface area (Å²) in [5.41, 5.74) is 1.00. The van der Waals surface area contributed by atoms with Gasteiger partial charge in [0.2, 0.25) is 0 Å². The largest absolute Gasteiger partial charge is 0.506 e. The van der Waals surface area contributed by atoms with E-state index < -0.39 is 28.8 Å². The molecule has 1 N–H and O–H groups in total. The van der Waals surface area contributed by atoms with Gasteiger partial charge in [-0.05, 0) is 19.4 Å². The molecule has 2 heterocycles. The fraction of sp³-hybridized carbons (Fsp3) is 0.368. The maximum Gasteiger partial charge on any atom is 0.270 e. The second-order valence-corrected chi connectivity index (χ2v) is 7.44. The van der Waals surface area contributed by atoms with Crippen LogP contribution < -0.4 is 4.31 Å². The number of hydrogen-bond donors (Lipinski definition) is 1. The average Bonchev–Trinajstić information content (AvgIpc) is 3.06. The number of anilines is 1. The number of halogens is 2. The number of alkyl halides is 2. The summed E-state index contributed by atoms with van der Waals surface area (Å²) in [6.07, 6.45) is -1.43. The monoisotopic (exact) mass is 503 g/mol. The zero-order chi connectivity index (χ0) is 20.4. The molecule has 0 saturated carbocycles. The fourth-order valence-corrected chi connectivity index (χ4v) is 4.55. The van der Waals surface area contributed by atoms with E-state index in [-0.39, 0.29) is 62.0 Å². The molecule has 0 unspecified atom stereocenters. The summed E-state index contributed by atoms with van der Waals surface area (Å²) in [6, 6.07) is 6.58. The Balaban J connectivity index is 0.00000190. The predicted octanol–water partition coefficient (Wildman–Crippen LogP) is 4.48. The molecule has 1 aliphatic heterocycles. The van der Waals surface area contributed by atoms with E-state index in [2.05, 4.69) is 5.10 Å². The molecule has 1 radical (unpaired) electrons. The van der Waals surface area contributed by atoms with Crippen molar-refractivity contribution in [3.05, 3.63) is 54.6 Å². The Kier molecular flexibility index (Phi) is 10.7. The van der Waals surface area contributed by atoms with Crippen LogP contribution in [0.25, 0.3) is 10.7 Å². The van der Waals surface area contributed by atoms with Gasteiger partial charge in [0.15, 0.2) is 5.82 Å². The Hall–Kier alpha value is -1.32. The van der Waals surface area contributed by atoms with Gasteiger partial charge in [-0.1, -0.05) is 38.1 Å². The summed E-state index contributed by atoms with van der Waals surface area (Å²) in [6.45, 7) is 6.84. The minimum Gasteiger partial charge on any atom is -0.506 e. The molecule has 10 heteroatoms. The molecule has 1 aromatic carbocycles. The van der Waals surface area contributed by atoms with E-state index in [4.69, 9.17) is 0 Å². The standard InChI is InChI=1S/C16H17F2N3O3S.C2H6.CH3.Y/c1-3-20-8-12-14(22)15(11-7-5-4-6-10(11)2)25(23,24)21(9-13(17)18)16(12)19-20;1-2;;/h4-8,13,22H,3,9H2,1-2H3;1-2H3;1H3;/q;;-1;. The first kappa shape index (κ1) is 27.7. The van der Waals surface area contributed by atoms with Gasteiger partial charge in [-0.15, -0.1) is 0 Å². The van der Waals surface area contributed by atoms with Crippen LogP contribution in [0.2, 0.25) is 0 Å². The molecule has 3 rings (SSSR count). The van der Waals surface area contributed by atoms with Crippen LogP contribution in [0.1, 0.15) is 37.5 Å². The second kappa shape index (κ2) is 11.2. The van der Waals surface area contributed by atoms with Crippen LogP contribution in [0, 0.1) is 14.4 Å². The number of rotatable bonds is 4. The number of fused-ring (bicyclic) bond motifs is 1. The molecule has 0 spiro atoms. The van der Waals surface area contributed by atoms with E-state index in [9.17, 15) is 22.3 Å². The molecular weight excluding hydrogens is 477 g/mol. The van der Waals surface area contributed by atoms with Crippen LogP contribution in [-0.4, -0.2) is 36.3 Å². The van der Waals surface area contributed by atoms with Gasteiger partial charge < -0.3 is 12.5 Å². The molecule has 159 valence electrons. The molecule has 0 aliphatic carbocycles. The maximum atomic E-state index is 13.0. The summed E-state index contributed by atoms with van der Waals surface area (Å²) in [5.74, 6) is -0.661. The Bertz CT molecular complexity index is 959. The topological polar surface area (TPSA) is 75.4 Å². The molecule has 0 bridgehead atoms. The van der Waals surface area contributed by atoms with Crippen molar-refractivity contribution in [2.45, 2.75) is 40.7 Å². The van der Waals surface area contributed by atoms with E-state index in [1.165, 1.54) is 16.9 Å². The summed E-state index contributed by atoms with van der Waals surface area (Å²) >= 11 is 0. The minimum atomic E-state index is -4.39. The third-order valence-corrected chi connectivity index (χ3v) is 5.85. The van der Waals surface area contributed by atoms with Gasteiger partial charge in [0.05, 0.1) is 12.1 Å². The molecule has 1 aliphatic rings.